The summed E-state index contributed by atoms with van der Waals surface area (Å²) in [5.41, 5.74) is 7.01. The first kappa shape index (κ1) is 17.4. The minimum Gasteiger partial charge on any atom is -0.481 e. The second kappa shape index (κ2) is 8.11. The molecule has 3 heterocycles. The SMILES string of the molecule is Nc1ccc(CC(C(=O)O)c2cn(CCC3CCNCC3)cn2)cn1. The molecule has 3 rings (SSSR count). The number of hydrogen-bond donors (Lipinski definition) is 3. The first-order valence-corrected chi connectivity index (χ1v) is 8.77. The van der Waals surface area contributed by atoms with Crippen LogP contribution in [-0.2, 0) is 17.8 Å². The van der Waals surface area contributed by atoms with Gasteiger partial charge in [-0.3, -0.25) is 4.79 Å². The molecule has 1 aliphatic rings. The lowest BCUT2D eigenvalue weighted by molar-refractivity contribution is -0.138. The molecular formula is C18H25N5O2. The van der Waals surface area contributed by atoms with Crippen LogP contribution >= 0.6 is 0 Å². The van der Waals surface area contributed by atoms with Crippen molar-refractivity contribution in [3.05, 3.63) is 42.1 Å². The van der Waals surface area contributed by atoms with E-state index in [2.05, 4.69) is 15.3 Å². The minimum atomic E-state index is -0.875. The number of aliphatic carboxylic acids is 1. The average molecular weight is 343 g/mol. The molecular weight excluding hydrogens is 318 g/mol. The van der Waals surface area contributed by atoms with E-state index in [0.717, 1.165) is 37.5 Å². The molecule has 0 saturated carbocycles. The number of nitrogens with one attached hydrogen (secondary N) is 1. The fraction of sp³-hybridized carbons (Fsp3) is 0.500. The van der Waals surface area contributed by atoms with Crippen molar-refractivity contribution in [3.8, 4) is 0 Å². The van der Waals surface area contributed by atoms with Crippen LogP contribution in [-0.4, -0.2) is 38.7 Å². The van der Waals surface area contributed by atoms with Crippen LogP contribution in [0.5, 0.6) is 0 Å². The summed E-state index contributed by atoms with van der Waals surface area (Å²) in [5, 5.41) is 13.0. The Kier molecular flexibility index (Phi) is 5.65. The predicted molar refractivity (Wildman–Crippen MR) is 95.2 cm³/mol. The van der Waals surface area contributed by atoms with Gasteiger partial charge in [0.1, 0.15) is 11.7 Å². The third kappa shape index (κ3) is 4.79. The van der Waals surface area contributed by atoms with E-state index in [1.54, 1.807) is 18.6 Å². The molecule has 7 nitrogen and oxygen atoms in total. The number of anilines is 1. The number of carbonyl (C=O) groups is 1. The third-order valence-electron chi connectivity index (χ3n) is 4.85. The molecule has 0 aliphatic carbocycles. The van der Waals surface area contributed by atoms with E-state index in [4.69, 9.17) is 5.73 Å². The van der Waals surface area contributed by atoms with Crippen LogP contribution in [0.15, 0.2) is 30.9 Å². The number of pyridine rings is 1. The molecule has 25 heavy (non-hydrogen) atoms. The zero-order valence-electron chi connectivity index (χ0n) is 14.3. The highest BCUT2D eigenvalue weighted by Gasteiger charge is 2.23. The molecule has 2 aromatic heterocycles. The Labute approximate surface area is 147 Å². The number of rotatable bonds is 7. The highest BCUT2D eigenvalue weighted by Crippen LogP contribution is 2.21. The topological polar surface area (TPSA) is 106 Å². The normalized spacial score (nSPS) is 16.6. The lowest BCUT2D eigenvalue weighted by atomic mass is 9.95. The first-order chi connectivity index (χ1) is 12.1. The highest BCUT2D eigenvalue weighted by molar-refractivity contribution is 5.75. The molecule has 0 bridgehead atoms. The Morgan fingerprint density at radius 2 is 2.16 bits per heavy atom. The Morgan fingerprint density at radius 3 is 2.84 bits per heavy atom. The van der Waals surface area contributed by atoms with Crippen LogP contribution in [0.3, 0.4) is 0 Å². The fourth-order valence-electron chi connectivity index (χ4n) is 3.29. The average Bonchev–Trinajstić information content (AvgIpc) is 3.08. The second-order valence-corrected chi connectivity index (χ2v) is 6.70. The quantitative estimate of drug-likeness (QED) is 0.706. The standard InChI is InChI=1S/C18H25N5O2/c19-17-2-1-14(10-21-17)9-15(18(24)25)16-11-23(12-22-16)8-5-13-3-6-20-7-4-13/h1-2,10-13,15,20H,3-9H2,(H2,19,21)(H,24,25). The van der Waals surface area contributed by atoms with Crippen LogP contribution in [0.1, 0.15) is 36.4 Å². The summed E-state index contributed by atoms with van der Waals surface area (Å²) >= 11 is 0. The molecule has 2 aromatic rings. The number of piperidine rings is 1. The van der Waals surface area contributed by atoms with E-state index in [-0.39, 0.29) is 0 Å². The van der Waals surface area contributed by atoms with Gasteiger partial charge in [-0.15, -0.1) is 0 Å². The summed E-state index contributed by atoms with van der Waals surface area (Å²) < 4.78 is 2.01. The van der Waals surface area contributed by atoms with Gasteiger partial charge in [-0.25, -0.2) is 9.97 Å². The summed E-state index contributed by atoms with van der Waals surface area (Å²) in [6, 6.07) is 3.50. The van der Waals surface area contributed by atoms with Crippen LogP contribution in [0.2, 0.25) is 0 Å². The number of nitrogens with zero attached hydrogens (tertiary/aromatic N) is 3. The smallest absolute Gasteiger partial charge is 0.312 e. The number of hydrogen-bond acceptors (Lipinski definition) is 5. The second-order valence-electron chi connectivity index (χ2n) is 6.70. The highest BCUT2D eigenvalue weighted by atomic mass is 16.4. The zero-order valence-corrected chi connectivity index (χ0v) is 14.3. The minimum absolute atomic E-state index is 0.355. The molecule has 1 unspecified atom stereocenters. The van der Waals surface area contributed by atoms with Crippen molar-refractivity contribution in [1.82, 2.24) is 19.9 Å². The fourth-order valence-corrected chi connectivity index (χ4v) is 3.29. The van der Waals surface area contributed by atoms with E-state index in [0.29, 0.717) is 17.9 Å². The maximum absolute atomic E-state index is 11.7. The van der Waals surface area contributed by atoms with Crippen molar-refractivity contribution < 1.29 is 9.90 Å². The zero-order chi connectivity index (χ0) is 17.6. The van der Waals surface area contributed by atoms with Crippen molar-refractivity contribution in [2.75, 3.05) is 18.8 Å². The lowest BCUT2D eigenvalue weighted by Crippen LogP contribution is -2.28. The van der Waals surface area contributed by atoms with E-state index in [1.807, 2.05) is 16.8 Å². The Bertz CT molecular complexity index is 692. The number of carboxylic acid groups (broad SMARTS) is 1. The molecule has 0 amide bonds. The molecule has 1 fully saturated rings. The van der Waals surface area contributed by atoms with Crippen molar-refractivity contribution in [1.29, 1.82) is 0 Å². The lowest BCUT2D eigenvalue weighted by Gasteiger charge is -2.22. The molecule has 1 aliphatic heterocycles. The van der Waals surface area contributed by atoms with Gasteiger partial charge in [-0.1, -0.05) is 6.07 Å². The molecule has 0 aromatic carbocycles. The number of nitrogen functional groups attached to an aromatic ring is 1. The van der Waals surface area contributed by atoms with Gasteiger partial charge >= 0.3 is 5.97 Å². The van der Waals surface area contributed by atoms with Crippen LogP contribution in [0.4, 0.5) is 5.82 Å². The molecule has 1 atom stereocenters. The van der Waals surface area contributed by atoms with Crippen LogP contribution < -0.4 is 11.1 Å². The van der Waals surface area contributed by atoms with Gasteiger partial charge in [0.15, 0.2) is 0 Å². The van der Waals surface area contributed by atoms with Crippen molar-refractivity contribution >= 4 is 11.8 Å². The van der Waals surface area contributed by atoms with E-state index < -0.39 is 11.9 Å². The number of imidazole rings is 1. The van der Waals surface area contributed by atoms with Crippen molar-refractivity contribution in [2.24, 2.45) is 5.92 Å². The maximum atomic E-state index is 11.7. The van der Waals surface area contributed by atoms with Gasteiger partial charge in [0.05, 0.1) is 12.0 Å². The number of nitrogens with two attached hydrogens (primary N) is 1. The number of aromatic nitrogens is 3. The van der Waals surface area contributed by atoms with E-state index in [1.165, 1.54) is 12.8 Å². The summed E-state index contributed by atoms with van der Waals surface area (Å²) in [5.74, 6) is -0.382. The summed E-state index contributed by atoms with van der Waals surface area (Å²) in [6.45, 7) is 3.07. The van der Waals surface area contributed by atoms with Crippen molar-refractivity contribution in [2.45, 2.75) is 38.1 Å². The van der Waals surface area contributed by atoms with Crippen LogP contribution in [0, 0.1) is 5.92 Å². The number of carboxylic acids is 1. The molecule has 1 saturated heterocycles. The summed E-state index contributed by atoms with van der Waals surface area (Å²) in [7, 11) is 0. The maximum Gasteiger partial charge on any atom is 0.312 e. The Morgan fingerprint density at radius 1 is 1.36 bits per heavy atom. The summed E-state index contributed by atoms with van der Waals surface area (Å²) in [6.07, 6.45) is 9.12. The van der Waals surface area contributed by atoms with Crippen molar-refractivity contribution in [3.63, 3.8) is 0 Å². The van der Waals surface area contributed by atoms with E-state index in [9.17, 15) is 9.90 Å². The Balaban J connectivity index is 1.62. The third-order valence-corrected chi connectivity index (χ3v) is 4.85. The molecule has 0 radical (unpaired) electrons. The Hall–Kier alpha value is -2.41. The van der Waals surface area contributed by atoms with Gasteiger partial charge in [-0.2, -0.15) is 0 Å². The van der Waals surface area contributed by atoms with Gasteiger partial charge in [0, 0.05) is 18.9 Å². The van der Waals surface area contributed by atoms with Gasteiger partial charge in [0.2, 0.25) is 0 Å². The molecule has 4 N–H and O–H groups in total. The molecule has 0 spiro atoms. The van der Waals surface area contributed by atoms with Gasteiger partial charge < -0.3 is 20.7 Å². The van der Waals surface area contributed by atoms with E-state index >= 15 is 0 Å². The molecule has 7 heteroatoms. The monoisotopic (exact) mass is 343 g/mol. The summed E-state index contributed by atoms with van der Waals surface area (Å²) in [4.78, 5) is 20.1. The van der Waals surface area contributed by atoms with Gasteiger partial charge in [-0.05, 0) is 56.3 Å². The number of aryl methyl sites for hydroxylation is 1. The first-order valence-electron chi connectivity index (χ1n) is 8.77. The predicted octanol–water partition coefficient (Wildman–Crippen LogP) is 1.66. The van der Waals surface area contributed by atoms with Gasteiger partial charge in [0.25, 0.3) is 0 Å². The largest absolute Gasteiger partial charge is 0.481 e. The van der Waals surface area contributed by atoms with Crippen LogP contribution in [0.25, 0.3) is 0 Å². The molecule has 134 valence electrons.